The van der Waals surface area contributed by atoms with Crippen molar-refractivity contribution in [3.63, 3.8) is 0 Å². The normalized spacial score (nSPS) is 23.1. The lowest BCUT2D eigenvalue weighted by atomic mass is 9.78. The summed E-state index contributed by atoms with van der Waals surface area (Å²) in [7, 11) is 1.62. The first-order chi connectivity index (χ1) is 13.2. The number of aliphatic hydroxyl groups is 1. The fraction of sp³-hybridized carbons (Fsp3) is 0.591. The summed E-state index contributed by atoms with van der Waals surface area (Å²) in [5, 5.41) is 14.1. The third-order valence-electron chi connectivity index (χ3n) is 5.35. The predicted molar refractivity (Wildman–Crippen MR) is 112 cm³/mol. The maximum atomic E-state index is 12.5. The van der Waals surface area contributed by atoms with Crippen LogP contribution in [-0.4, -0.2) is 36.6 Å². The summed E-state index contributed by atoms with van der Waals surface area (Å²) in [5.74, 6) is 0.0494. The number of rotatable bonds is 7. The second-order valence-electron chi connectivity index (χ2n) is 7.96. The molecule has 1 aromatic rings. The lowest BCUT2D eigenvalue weighted by Gasteiger charge is -2.40. The highest BCUT2D eigenvalue weighted by atomic mass is 35.5. The van der Waals surface area contributed by atoms with Crippen LogP contribution < -0.4 is 5.32 Å². The number of nitrogens with one attached hydrogen (secondary N) is 1. The van der Waals surface area contributed by atoms with E-state index in [9.17, 15) is 9.90 Å². The van der Waals surface area contributed by atoms with Crippen LogP contribution in [0, 0.1) is 19.8 Å². The highest BCUT2D eigenvalue weighted by Gasteiger charge is 2.40. The molecule has 0 aromatic heterocycles. The van der Waals surface area contributed by atoms with E-state index in [2.05, 4.69) is 5.32 Å². The van der Waals surface area contributed by atoms with Crippen LogP contribution in [0.5, 0.6) is 0 Å². The zero-order valence-corrected chi connectivity index (χ0v) is 18.2. The molecule has 0 atom stereocenters. The summed E-state index contributed by atoms with van der Waals surface area (Å²) in [6, 6.07) is 3.81. The van der Waals surface area contributed by atoms with Crippen LogP contribution in [0.1, 0.15) is 56.2 Å². The molecule has 28 heavy (non-hydrogen) atoms. The van der Waals surface area contributed by atoms with Gasteiger partial charge in [-0.25, -0.2) is 0 Å². The molecule has 1 aliphatic rings. The molecule has 1 aliphatic carbocycles. The van der Waals surface area contributed by atoms with Gasteiger partial charge in [0.1, 0.15) is 5.76 Å². The molecule has 0 heterocycles. The van der Waals surface area contributed by atoms with E-state index in [0.29, 0.717) is 43.2 Å². The topological polar surface area (TPSA) is 67.8 Å². The Morgan fingerprint density at radius 3 is 2.39 bits per heavy atom. The maximum Gasteiger partial charge on any atom is 0.313 e. The van der Waals surface area contributed by atoms with Crippen molar-refractivity contribution >= 4 is 23.6 Å². The van der Waals surface area contributed by atoms with Gasteiger partial charge in [0.15, 0.2) is 0 Å². The van der Waals surface area contributed by atoms with Crippen LogP contribution in [0.2, 0.25) is 5.02 Å². The average Bonchev–Trinajstić information content (AvgIpc) is 2.63. The molecule has 0 radical (unpaired) electrons. The largest absolute Gasteiger partial charge is 0.429 e. The molecule has 0 aliphatic heterocycles. The van der Waals surface area contributed by atoms with Crippen LogP contribution in [-0.2, 0) is 14.3 Å². The van der Waals surface area contributed by atoms with Crippen molar-refractivity contribution in [1.29, 1.82) is 0 Å². The third-order valence-corrected chi connectivity index (χ3v) is 5.57. The summed E-state index contributed by atoms with van der Waals surface area (Å²) in [4.78, 5) is 12.5. The van der Waals surface area contributed by atoms with E-state index in [-0.39, 0.29) is 18.0 Å². The van der Waals surface area contributed by atoms with E-state index in [4.69, 9.17) is 21.1 Å². The molecule has 0 bridgehead atoms. The highest BCUT2D eigenvalue weighted by molar-refractivity contribution is 6.30. The first-order valence-electron chi connectivity index (χ1n) is 9.81. The van der Waals surface area contributed by atoms with Gasteiger partial charge in [-0.2, -0.15) is 0 Å². The van der Waals surface area contributed by atoms with E-state index in [1.165, 1.54) is 0 Å². The van der Waals surface area contributed by atoms with E-state index in [1.807, 2.05) is 45.9 Å². The standard InChI is InChI=1S/C22H32ClNO4/c1-14(2)21(26)28-20(12-19-15(3)10-17(23)11-16(19)4)22(24-13-27-5)8-6-18(25)7-9-22/h10-12,14,18,24-25H,6-9,13H2,1-5H3/b20-12-/t18-,22+. The smallest absolute Gasteiger partial charge is 0.313 e. The maximum absolute atomic E-state index is 12.5. The average molecular weight is 410 g/mol. The second kappa shape index (κ2) is 9.88. The first kappa shape index (κ1) is 22.9. The molecule has 6 heteroatoms. The molecule has 0 spiro atoms. The van der Waals surface area contributed by atoms with Gasteiger partial charge in [0, 0.05) is 12.1 Å². The SMILES string of the molecule is COCN[C@]1(/C(=C/c2c(C)cc(Cl)cc2C)OC(=O)C(C)C)CC[C@H](O)CC1. The summed E-state index contributed by atoms with van der Waals surface area (Å²) in [5.41, 5.74) is 2.44. The minimum absolute atomic E-state index is 0.246. The number of esters is 1. The van der Waals surface area contributed by atoms with Crippen molar-refractivity contribution in [2.45, 2.75) is 65.0 Å². The molecule has 0 amide bonds. The lowest BCUT2D eigenvalue weighted by molar-refractivity contribution is -0.144. The van der Waals surface area contributed by atoms with Gasteiger partial charge in [0.2, 0.25) is 0 Å². The zero-order chi connectivity index (χ0) is 20.9. The number of aryl methyl sites for hydroxylation is 2. The molecule has 156 valence electrons. The molecule has 1 aromatic carbocycles. The molecule has 0 saturated heterocycles. The fourth-order valence-electron chi connectivity index (χ4n) is 3.59. The summed E-state index contributed by atoms with van der Waals surface area (Å²) in [6.45, 7) is 7.95. The summed E-state index contributed by atoms with van der Waals surface area (Å²) < 4.78 is 11.2. The molecule has 5 nitrogen and oxygen atoms in total. The number of ether oxygens (including phenoxy) is 2. The molecule has 0 unspecified atom stereocenters. The Morgan fingerprint density at radius 1 is 1.32 bits per heavy atom. The Morgan fingerprint density at radius 2 is 1.89 bits per heavy atom. The van der Waals surface area contributed by atoms with Crippen molar-refractivity contribution in [2.24, 2.45) is 5.92 Å². The fourth-order valence-corrected chi connectivity index (χ4v) is 3.92. The second-order valence-corrected chi connectivity index (χ2v) is 8.40. The summed E-state index contributed by atoms with van der Waals surface area (Å²) in [6.07, 6.45) is 4.18. The van der Waals surface area contributed by atoms with Gasteiger partial charge in [-0.15, -0.1) is 0 Å². The van der Waals surface area contributed by atoms with Crippen LogP contribution in [0.15, 0.2) is 17.9 Å². The van der Waals surface area contributed by atoms with Crippen LogP contribution in [0.25, 0.3) is 6.08 Å². The highest BCUT2D eigenvalue weighted by Crippen LogP contribution is 2.37. The van der Waals surface area contributed by atoms with Crippen molar-refractivity contribution < 1.29 is 19.4 Å². The third kappa shape index (κ3) is 5.57. The monoisotopic (exact) mass is 409 g/mol. The minimum atomic E-state index is -0.571. The number of aliphatic hydroxyl groups excluding tert-OH is 1. The van der Waals surface area contributed by atoms with Crippen molar-refractivity contribution in [1.82, 2.24) is 5.32 Å². The van der Waals surface area contributed by atoms with Gasteiger partial charge in [-0.3, -0.25) is 10.1 Å². The summed E-state index contributed by atoms with van der Waals surface area (Å²) >= 11 is 6.18. The number of benzene rings is 1. The van der Waals surface area contributed by atoms with E-state index in [0.717, 1.165) is 16.7 Å². The Balaban J connectivity index is 2.54. The van der Waals surface area contributed by atoms with Gasteiger partial charge in [-0.05, 0) is 74.4 Å². The van der Waals surface area contributed by atoms with E-state index in [1.54, 1.807) is 7.11 Å². The number of hydrogen-bond acceptors (Lipinski definition) is 5. The molecular formula is C22H32ClNO4. The quantitative estimate of drug-likeness (QED) is 0.397. The van der Waals surface area contributed by atoms with E-state index < -0.39 is 5.54 Å². The number of methoxy groups -OCH3 is 1. The zero-order valence-electron chi connectivity index (χ0n) is 17.5. The van der Waals surface area contributed by atoms with Gasteiger partial charge in [0.05, 0.1) is 24.3 Å². The van der Waals surface area contributed by atoms with Gasteiger partial charge in [-0.1, -0.05) is 25.4 Å². The predicted octanol–water partition coefficient (Wildman–Crippen LogP) is 4.36. The molecular weight excluding hydrogens is 378 g/mol. The molecule has 1 saturated carbocycles. The Kier molecular flexibility index (Phi) is 8.07. The Hall–Kier alpha value is -1.40. The number of carbonyl (C=O) groups is 1. The molecule has 2 rings (SSSR count). The first-order valence-corrected chi connectivity index (χ1v) is 10.2. The van der Waals surface area contributed by atoms with Gasteiger partial charge >= 0.3 is 5.97 Å². The van der Waals surface area contributed by atoms with Gasteiger partial charge in [0.25, 0.3) is 0 Å². The minimum Gasteiger partial charge on any atom is -0.429 e. The Bertz CT molecular complexity index is 693. The van der Waals surface area contributed by atoms with Gasteiger partial charge < -0.3 is 14.6 Å². The number of carbonyl (C=O) groups excluding carboxylic acids is 1. The van der Waals surface area contributed by atoms with Crippen molar-refractivity contribution in [3.05, 3.63) is 39.6 Å². The van der Waals surface area contributed by atoms with E-state index >= 15 is 0 Å². The van der Waals surface area contributed by atoms with Crippen LogP contribution in [0.4, 0.5) is 0 Å². The lowest BCUT2D eigenvalue weighted by Crippen LogP contribution is -2.52. The van der Waals surface area contributed by atoms with Crippen LogP contribution >= 0.6 is 11.6 Å². The Labute approximate surface area is 173 Å². The molecule has 1 fully saturated rings. The van der Waals surface area contributed by atoms with Crippen LogP contribution in [0.3, 0.4) is 0 Å². The van der Waals surface area contributed by atoms with Crippen molar-refractivity contribution in [2.75, 3.05) is 13.8 Å². The molecule has 2 N–H and O–H groups in total. The number of hydrogen-bond donors (Lipinski definition) is 2. The van der Waals surface area contributed by atoms with Crippen molar-refractivity contribution in [3.8, 4) is 0 Å². The number of halogens is 1.